The SMILES string of the molecule is COc1cccc(N2CCN(C(=O)COc3ccccc3C)CC2)c1. The van der Waals surface area contributed by atoms with Gasteiger partial charge in [-0.2, -0.15) is 0 Å². The van der Waals surface area contributed by atoms with Crippen LogP contribution in [0.4, 0.5) is 5.69 Å². The number of benzene rings is 2. The van der Waals surface area contributed by atoms with Crippen molar-refractivity contribution < 1.29 is 14.3 Å². The number of piperazine rings is 1. The second-order valence-electron chi connectivity index (χ2n) is 6.12. The summed E-state index contributed by atoms with van der Waals surface area (Å²) in [5, 5.41) is 0. The number of nitrogens with zero attached hydrogens (tertiary/aromatic N) is 2. The lowest BCUT2D eigenvalue weighted by Crippen LogP contribution is -2.50. The van der Waals surface area contributed by atoms with E-state index in [4.69, 9.17) is 9.47 Å². The van der Waals surface area contributed by atoms with Crippen molar-refractivity contribution in [2.45, 2.75) is 6.92 Å². The Morgan fingerprint density at radius 2 is 1.80 bits per heavy atom. The van der Waals surface area contributed by atoms with Crippen molar-refractivity contribution in [3.63, 3.8) is 0 Å². The maximum atomic E-state index is 12.4. The highest BCUT2D eigenvalue weighted by atomic mass is 16.5. The van der Waals surface area contributed by atoms with Gasteiger partial charge in [0.2, 0.25) is 0 Å². The van der Waals surface area contributed by atoms with Crippen LogP contribution in [0.3, 0.4) is 0 Å². The Morgan fingerprint density at radius 1 is 1.04 bits per heavy atom. The molecule has 5 heteroatoms. The van der Waals surface area contributed by atoms with E-state index in [1.54, 1.807) is 7.11 Å². The van der Waals surface area contributed by atoms with Crippen LogP contribution in [-0.4, -0.2) is 50.7 Å². The number of aryl methyl sites for hydroxylation is 1. The maximum Gasteiger partial charge on any atom is 0.260 e. The normalized spacial score (nSPS) is 14.3. The molecule has 5 nitrogen and oxygen atoms in total. The second-order valence-corrected chi connectivity index (χ2v) is 6.12. The topological polar surface area (TPSA) is 42.0 Å². The van der Waals surface area contributed by atoms with Gasteiger partial charge in [0.15, 0.2) is 6.61 Å². The van der Waals surface area contributed by atoms with E-state index < -0.39 is 0 Å². The van der Waals surface area contributed by atoms with E-state index in [2.05, 4.69) is 11.0 Å². The lowest BCUT2D eigenvalue weighted by atomic mass is 10.2. The van der Waals surface area contributed by atoms with Crippen LogP contribution in [0.5, 0.6) is 11.5 Å². The number of rotatable bonds is 5. The first kappa shape index (κ1) is 17.1. The summed E-state index contributed by atoms with van der Waals surface area (Å²) in [5.74, 6) is 1.65. The quantitative estimate of drug-likeness (QED) is 0.839. The molecule has 2 aromatic rings. The molecule has 0 unspecified atom stereocenters. The van der Waals surface area contributed by atoms with Crippen LogP contribution in [0.25, 0.3) is 0 Å². The van der Waals surface area contributed by atoms with E-state index in [1.807, 2.05) is 54.3 Å². The molecule has 1 amide bonds. The monoisotopic (exact) mass is 340 g/mol. The van der Waals surface area contributed by atoms with Crippen molar-refractivity contribution in [3.8, 4) is 11.5 Å². The van der Waals surface area contributed by atoms with Crippen LogP contribution in [0.2, 0.25) is 0 Å². The lowest BCUT2D eigenvalue weighted by molar-refractivity contribution is -0.133. The molecule has 0 N–H and O–H groups in total. The zero-order chi connectivity index (χ0) is 17.6. The van der Waals surface area contributed by atoms with Gasteiger partial charge in [-0.1, -0.05) is 24.3 Å². The average molecular weight is 340 g/mol. The standard InChI is InChI=1S/C20H24N2O3/c1-16-6-3-4-9-19(16)25-15-20(23)22-12-10-21(11-13-22)17-7-5-8-18(14-17)24-2/h3-9,14H,10-13,15H2,1-2H3. The number of hydrogen-bond donors (Lipinski definition) is 0. The zero-order valence-electron chi connectivity index (χ0n) is 14.8. The van der Waals surface area contributed by atoms with Gasteiger partial charge in [0.1, 0.15) is 11.5 Å². The van der Waals surface area contributed by atoms with Gasteiger partial charge in [0.25, 0.3) is 5.91 Å². The average Bonchev–Trinajstić information content (AvgIpc) is 2.67. The van der Waals surface area contributed by atoms with Crippen LogP contribution in [0.1, 0.15) is 5.56 Å². The van der Waals surface area contributed by atoms with Crippen molar-refractivity contribution >= 4 is 11.6 Å². The molecule has 1 saturated heterocycles. The summed E-state index contributed by atoms with van der Waals surface area (Å²) in [4.78, 5) is 16.5. The fraction of sp³-hybridized carbons (Fsp3) is 0.350. The molecule has 0 aliphatic carbocycles. The predicted molar refractivity (Wildman–Crippen MR) is 98.5 cm³/mol. The number of carbonyl (C=O) groups excluding carboxylic acids is 1. The minimum absolute atomic E-state index is 0.0357. The highest BCUT2D eigenvalue weighted by molar-refractivity contribution is 5.78. The van der Waals surface area contributed by atoms with Crippen molar-refractivity contribution in [2.75, 3.05) is 44.8 Å². The van der Waals surface area contributed by atoms with Gasteiger partial charge in [0, 0.05) is 37.9 Å². The number of ether oxygens (including phenoxy) is 2. The van der Waals surface area contributed by atoms with E-state index in [0.29, 0.717) is 13.1 Å². The number of para-hydroxylation sites is 1. The second kappa shape index (κ2) is 7.92. The smallest absolute Gasteiger partial charge is 0.260 e. The molecule has 3 rings (SSSR count). The molecule has 1 aliphatic rings. The van der Waals surface area contributed by atoms with E-state index >= 15 is 0 Å². The first-order chi connectivity index (χ1) is 12.2. The Bertz CT molecular complexity index is 724. The van der Waals surface area contributed by atoms with Crippen LogP contribution in [0.15, 0.2) is 48.5 Å². The Morgan fingerprint density at radius 3 is 2.52 bits per heavy atom. The number of amides is 1. The molecular formula is C20H24N2O3. The molecule has 0 saturated carbocycles. The molecule has 2 aromatic carbocycles. The van der Waals surface area contributed by atoms with Gasteiger partial charge in [-0.3, -0.25) is 4.79 Å². The number of carbonyl (C=O) groups is 1. The minimum atomic E-state index is 0.0357. The number of methoxy groups -OCH3 is 1. The number of hydrogen-bond acceptors (Lipinski definition) is 4. The van der Waals surface area contributed by atoms with Gasteiger partial charge in [-0.25, -0.2) is 0 Å². The van der Waals surface area contributed by atoms with Crippen molar-refractivity contribution in [3.05, 3.63) is 54.1 Å². The van der Waals surface area contributed by atoms with Crippen LogP contribution in [-0.2, 0) is 4.79 Å². The Hall–Kier alpha value is -2.69. The van der Waals surface area contributed by atoms with Crippen LogP contribution < -0.4 is 14.4 Å². The molecular weight excluding hydrogens is 316 g/mol. The van der Waals surface area contributed by atoms with E-state index in [-0.39, 0.29) is 12.5 Å². The first-order valence-corrected chi connectivity index (χ1v) is 8.52. The molecule has 1 aliphatic heterocycles. The third-order valence-corrected chi connectivity index (χ3v) is 4.50. The predicted octanol–water partition coefficient (Wildman–Crippen LogP) is 2.73. The molecule has 0 atom stereocenters. The highest BCUT2D eigenvalue weighted by Crippen LogP contribution is 2.22. The van der Waals surface area contributed by atoms with E-state index in [1.165, 1.54) is 0 Å². The van der Waals surface area contributed by atoms with Gasteiger partial charge < -0.3 is 19.3 Å². The number of anilines is 1. The summed E-state index contributed by atoms with van der Waals surface area (Å²) in [7, 11) is 1.67. The summed E-state index contributed by atoms with van der Waals surface area (Å²) in [6.07, 6.45) is 0. The van der Waals surface area contributed by atoms with E-state index in [9.17, 15) is 4.79 Å². The highest BCUT2D eigenvalue weighted by Gasteiger charge is 2.22. The third-order valence-electron chi connectivity index (χ3n) is 4.50. The Labute approximate surface area is 148 Å². The first-order valence-electron chi connectivity index (χ1n) is 8.52. The van der Waals surface area contributed by atoms with Gasteiger partial charge in [-0.15, -0.1) is 0 Å². The third kappa shape index (κ3) is 4.24. The molecule has 0 spiro atoms. The van der Waals surface area contributed by atoms with Gasteiger partial charge in [-0.05, 0) is 30.7 Å². The van der Waals surface area contributed by atoms with Gasteiger partial charge >= 0.3 is 0 Å². The van der Waals surface area contributed by atoms with Crippen molar-refractivity contribution in [2.24, 2.45) is 0 Å². The molecule has 0 aromatic heterocycles. The van der Waals surface area contributed by atoms with Gasteiger partial charge in [0.05, 0.1) is 7.11 Å². The largest absolute Gasteiger partial charge is 0.497 e. The minimum Gasteiger partial charge on any atom is -0.497 e. The molecule has 132 valence electrons. The zero-order valence-corrected chi connectivity index (χ0v) is 14.8. The summed E-state index contributed by atoms with van der Waals surface area (Å²) in [5.41, 5.74) is 2.17. The van der Waals surface area contributed by atoms with Crippen LogP contribution in [0, 0.1) is 6.92 Å². The molecule has 1 fully saturated rings. The summed E-state index contributed by atoms with van der Waals surface area (Å²) < 4.78 is 11.0. The summed E-state index contributed by atoms with van der Waals surface area (Å²) in [6.45, 7) is 5.09. The summed E-state index contributed by atoms with van der Waals surface area (Å²) >= 11 is 0. The van der Waals surface area contributed by atoms with Crippen molar-refractivity contribution in [1.82, 2.24) is 4.90 Å². The van der Waals surface area contributed by atoms with Crippen molar-refractivity contribution in [1.29, 1.82) is 0 Å². The molecule has 0 bridgehead atoms. The molecule has 0 radical (unpaired) electrons. The van der Waals surface area contributed by atoms with E-state index in [0.717, 1.165) is 35.8 Å². The summed E-state index contributed by atoms with van der Waals surface area (Å²) in [6, 6.07) is 15.8. The Kier molecular flexibility index (Phi) is 5.43. The maximum absolute atomic E-state index is 12.4. The Balaban J connectivity index is 1.51. The fourth-order valence-electron chi connectivity index (χ4n) is 2.97. The molecule has 25 heavy (non-hydrogen) atoms. The van der Waals surface area contributed by atoms with Crippen LogP contribution >= 0.6 is 0 Å². The molecule has 1 heterocycles. The fourth-order valence-corrected chi connectivity index (χ4v) is 2.97. The lowest BCUT2D eigenvalue weighted by Gasteiger charge is -2.36.